The molecule has 0 unspecified atom stereocenters. The first kappa shape index (κ1) is 15.8. The number of nitrogens with zero attached hydrogens (tertiary/aromatic N) is 5. The summed E-state index contributed by atoms with van der Waals surface area (Å²) in [6, 6.07) is 1.01. The molecule has 3 rings (SSSR count). The Morgan fingerprint density at radius 1 is 1.22 bits per heavy atom. The molecule has 0 bridgehead atoms. The summed E-state index contributed by atoms with van der Waals surface area (Å²) in [7, 11) is 0. The smallest absolute Gasteiger partial charge is 0.356 e. The normalized spacial score (nSPS) is 16.0. The molecule has 2 aromatic heterocycles. The van der Waals surface area contributed by atoms with Crippen LogP contribution >= 0.6 is 0 Å². The zero-order valence-electron chi connectivity index (χ0n) is 13.0. The highest BCUT2D eigenvalue weighted by Crippen LogP contribution is 2.31. The summed E-state index contributed by atoms with van der Waals surface area (Å²) in [4.78, 5) is 13.4. The Kier molecular flexibility index (Phi) is 3.99. The van der Waals surface area contributed by atoms with Gasteiger partial charge >= 0.3 is 6.18 Å². The molecule has 3 heterocycles. The minimum absolute atomic E-state index is 0.332. The molecule has 1 fully saturated rings. The number of anilines is 1. The van der Waals surface area contributed by atoms with Gasteiger partial charge in [0.05, 0.1) is 0 Å². The van der Waals surface area contributed by atoms with Crippen molar-refractivity contribution in [1.29, 1.82) is 0 Å². The van der Waals surface area contributed by atoms with E-state index in [-0.39, 0.29) is 0 Å². The van der Waals surface area contributed by atoms with E-state index in [9.17, 15) is 13.2 Å². The van der Waals surface area contributed by atoms with Crippen LogP contribution in [0.25, 0.3) is 0 Å². The largest absolute Gasteiger partial charge is 0.433 e. The van der Waals surface area contributed by atoms with Crippen LogP contribution in [0.15, 0.2) is 24.8 Å². The summed E-state index contributed by atoms with van der Waals surface area (Å²) < 4.78 is 40.2. The van der Waals surface area contributed by atoms with Gasteiger partial charge < -0.3 is 9.47 Å². The number of hydrogen-bond donors (Lipinski definition) is 0. The lowest BCUT2D eigenvalue weighted by Crippen LogP contribution is -2.49. The van der Waals surface area contributed by atoms with E-state index >= 15 is 0 Å². The van der Waals surface area contributed by atoms with Gasteiger partial charge in [-0.3, -0.25) is 0 Å². The van der Waals surface area contributed by atoms with Gasteiger partial charge in [0.25, 0.3) is 0 Å². The molecule has 0 atom stereocenters. The molecule has 5 nitrogen and oxygen atoms in total. The summed E-state index contributed by atoms with van der Waals surface area (Å²) in [5, 5.41) is 0. The molecule has 124 valence electrons. The molecule has 0 aromatic carbocycles. The van der Waals surface area contributed by atoms with Crippen LogP contribution in [0.4, 0.5) is 19.0 Å². The molecule has 1 saturated heterocycles. The maximum atomic E-state index is 12.7. The van der Waals surface area contributed by atoms with Gasteiger partial charge in [0.2, 0.25) is 0 Å². The molecule has 2 aromatic rings. The van der Waals surface area contributed by atoms with E-state index in [1.807, 2.05) is 11.1 Å². The Labute approximate surface area is 132 Å². The minimum atomic E-state index is -4.44. The second-order valence-corrected chi connectivity index (χ2v) is 6.12. The molecule has 0 spiro atoms. The van der Waals surface area contributed by atoms with Crippen molar-refractivity contribution in [2.75, 3.05) is 18.0 Å². The Hall–Kier alpha value is -2.12. The summed E-state index contributed by atoms with van der Waals surface area (Å²) in [6.07, 6.45) is 0.263. The molecular formula is C15H18F3N5. The van der Waals surface area contributed by atoms with Crippen molar-refractivity contribution < 1.29 is 13.2 Å². The van der Waals surface area contributed by atoms with Crippen molar-refractivity contribution in [3.8, 4) is 0 Å². The molecule has 0 saturated carbocycles. The van der Waals surface area contributed by atoms with E-state index in [4.69, 9.17) is 0 Å². The van der Waals surface area contributed by atoms with Crippen LogP contribution in [0, 0.1) is 5.92 Å². The van der Waals surface area contributed by atoms with Crippen molar-refractivity contribution in [1.82, 2.24) is 19.5 Å². The van der Waals surface area contributed by atoms with E-state index in [1.54, 1.807) is 6.20 Å². The summed E-state index contributed by atoms with van der Waals surface area (Å²) in [6.45, 7) is 6.37. The second-order valence-electron chi connectivity index (χ2n) is 6.12. The summed E-state index contributed by atoms with van der Waals surface area (Å²) in [5.41, 5.74) is -0.900. The number of hydrogen-bond acceptors (Lipinski definition) is 4. The Bertz CT molecular complexity index is 674. The average molecular weight is 325 g/mol. The number of alkyl halides is 3. The van der Waals surface area contributed by atoms with E-state index in [1.165, 1.54) is 0 Å². The van der Waals surface area contributed by atoms with E-state index < -0.39 is 11.9 Å². The fourth-order valence-electron chi connectivity index (χ4n) is 2.80. The number of rotatable bonds is 4. The molecule has 0 aliphatic carbocycles. The lowest BCUT2D eigenvalue weighted by molar-refractivity contribution is -0.141. The third kappa shape index (κ3) is 3.30. The summed E-state index contributed by atoms with van der Waals surface area (Å²) in [5.74, 6) is 2.09. The van der Waals surface area contributed by atoms with Crippen molar-refractivity contribution in [2.45, 2.75) is 32.5 Å². The van der Waals surface area contributed by atoms with Crippen molar-refractivity contribution >= 4 is 5.82 Å². The fraction of sp³-hybridized carbons (Fsp3) is 0.533. The van der Waals surface area contributed by atoms with E-state index in [0.717, 1.165) is 24.8 Å². The zero-order chi connectivity index (χ0) is 16.6. The van der Waals surface area contributed by atoms with Gasteiger partial charge in [-0.2, -0.15) is 13.2 Å². The highest BCUT2D eigenvalue weighted by molar-refractivity contribution is 5.42. The van der Waals surface area contributed by atoms with E-state index in [0.29, 0.717) is 30.7 Å². The van der Waals surface area contributed by atoms with Crippen LogP contribution in [-0.4, -0.2) is 32.6 Å². The van der Waals surface area contributed by atoms with Crippen LogP contribution in [0.2, 0.25) is 0 Å². The van der Waals surface area contributed by atoms with Crippen LogP contribution in [-0.2, 0) is 12.7 Å². The predicted octanol–water partition coefficient (Wildman–Crippen LogP) is 2.95. The predicted molar refractivity (Wildman–Crippen MR) is 79.1 cm³/mol. The number of halogens is 3. The first-order chi connectivity index (χ1) is 10.8. The van der Waals surface area contributed by atoms with Gasteiger partial charge in [-0.1, -0.05) is 13.8 Å². The first-order valence-corrected chi connectivity index (χ1v) is 7.50. The molecule has 8 heteroatoms. The number of imidazole rings is 1. The van der Waals surface area contributed by atoms with Gasteiger partial charge in [-0.05, 0) is 0 Å². The van der Waals surface area contributed by atoms with Crippen molar-refractivity contribution in [3.05, 3.63) is 36.3 Å². The Morgan fingerprint density at radius 2 is 1.96 bits per heavy atom. The molecule has 1 aliphatic heterocycles. The third-order valence-corrected chi connectivity index (χ3v) is 3.94. The quantitative estimate of drug-likeness (QED) is 0.867. The number of aromatic nitrogens is 4. The maximum absolute atomic E-state index is 12.7. The zero-order valence-corrected chi connectivity index (χ0v) is 13.0. The minimum Gasteiger partial charge on any atom is -0.356 e. The first-order valence-electron chi connectivity index (χ1n) is 7.50. The van der Waals surface area contributed by atoms with Gasteiger partial charge in [-0.25, -0.2) is 15.0 Å². The van der Waals surface area contributed by atoms with Gasteiger partial charge in [0.1, 0.15) is 23.7 Å². The Morgan fingerprint density at radius 3 is 2.61 bits per heavy atom. The third-order valence-electron chi connectivity index (χ3n) is 3.94. The molecular weight excluding hydrogens is 307 g/mol. The highest BCUT2D eigenvalue weighted by atomic mass is 19.4. The summed E-state index contributed by atoms with van der Waals surface area (Å²) >= 11 is 0. The van der Waals surface area contributed by atoms with Gasteiger partial charge in [-0.15, -0.1) is 0 Å². The topological polar surface area (TPSA) is 46.8 Å². The standard InChI is InChI=1S/C15H18F3N5/c1-10(2)14-19-3-4-22(14)6-11-7-23(8-11)13-5-12(15(16,17)18)20-9-21-13/h3-5,9-11H,6-8H2,1-2H3. The molecule has 0 radical (unpaired) electrons. The highest BCUT2D eigenvalue weighted by Gasteiger charge is 2.35. The lowest BCUT2D eigenvalue weighted by Gasteiger charge is -2.40. The van der Waals surface area contributed by atoms with Crippen LogP contribution in [0.5, 0.6) is 0 Å². The molecule has 1 aliphatic rings. The Balaban J connectivity index is 1.62. The van der Waals surface area contributed by atoms with Crippen molar-refractivity contribution in [2.24, 2.45) is 5.92 Å². The monoisotopic (exact) mass is 325 g/mol. The second kappa shape index (κ2) is 5.82. The SMILES string of the molecule is CC(C)c1nccn1CC1CN(c2cc(C(F)(F)F)ncn2)C1. The molecule has 23 heavy (non-hydrogen) atoms. The van der Waals surface area contributed by atoms with E-state index in [2.05, 4.69) is 33.4 Å². The maximum Gasteiger partial charge on any atom is 0.433 e. The molecule has 0 amide bonds. The fourth-order valence-corrected chi connectivity index (χ4v) is 2.80. The van der Waals surface area contributed by atoms with Crippen LogP contribution in [0.1, 0.15) is 31.3 Å². The lowest BCUT2D eigenvalue weighted by atomic mass is 9.99. The van der Waals surface area contributed by atoms with Crippen LogP contribution in [0.3, 0.4) is 0 Å². The van der Waals surface area contributed by atoms with Gasteiger partial charge in [0.15, 0.2) is 0 Å². The van der Waals surface area contributed by atoms with Gasteiger partial charge in [0, 0.05) is 49.9 Å². The van der Waals surface area contributed by atoms with Crippen LogP contribution < -0.4 is 4.90 Å². The molecule has 0 N–H and O–H groups in total. The average Bonchev–Trinajstić information content (AvgIpc) is 2.90. The van der Waals surface area contributed by atoms with Crippen molar-refractivity contribution in [3.63, 3.8) is 0 Å².